The first-order chi connectivity index (χ1) is 7.17. The number of aromatic nitrogens is 1. The van der Waals surface area contributed by atoms with Crippen LogP contribution in [0.1, 0.15) is 22.5 Å². The predicted octanol–water partition coefficient (Wildman–Crippen LogP) is 1.44. The molecule has 1 heterocycles. The summed E-state index contributed by atoms with van der Waals surface area (Å²) in [4.78, 5) is 9.76. The molecule has 0 bridgehead atoms. The van der Waals surface area contributed by atoms with E-state index in [-0.39, 0.29) is 0 Å². The topological polar surface area (TPSA) is 49.3 Å². The number of nitrogens with one attached hydrogen (secondary N) is 2. The molecule has 0 radical (unpaired) electrons. The van der Waals surface area contributed by atoms with Crippen LogP contribution < -0.4 is 10.6 Å². The highest BCUT2D eigenvalue weighted by atomic mass is 32.1. The normalized spacial score (nSPS) is 11.6. The molecule has 0 aromatic carbocycles. The van der Waals surface area contributed by atoms with Crippen molar-refractivity contribution in [2.24, 2.45) is 4.99 Å². The Hall–Kier alpha value is -1.10. The molecule has 0 aliphatic rings. The minimum atomic E-state index is 0.789. The summed E-state index contributed by atoms with van der Waals surface area (Å²) in [6.45, 7) is 7.78. The number of guanidine groups is 1. The Balaban J connectivity index is 2.52. The molecule has 0 unspecified atom stereocenters. The molecule has 4 nitrogen and oxygen atoms in total. The zero-order chi connectivity index (χ0) is 11.3. The van der Waals surface area contributed by atoms with E-state index in [9.17, 15) is 0 Å². The summed E-state index contributed by atoms with van der Waals surface area (Å²) in [7, 11) is 1.77. The number of thiazole rings is 1. The van der Waals surface area contributed by atoms with Crippen LogP contribution in [0.4, 0.5) is 0 Å². The lowest BCUT2D eigenvalue weighted by Crippen LogP contribution is -2.36. The van der Waals surface area contributed by atoms with Gasteiger partial charge in [-0.2, -0.15) is 0 Å². The number of hydrogen-bond acceptors (Lipinski definition) is 3. The summed E-state index contributed by atoms with van der Waals surface area (Å²) in [5.74, 6) is 0.836. The summed E-state index contributed by atoms with van der Waals surface area (Å²) in [6.07, 6.45) is 0. The van der Waals surface area contributed by atoms with Crippen molar-refractivity contribution in [1.29, 1.82) is 0 Å². The monoisotopic (exact) mass is 226 g/mol. The molecule has 1 aromatic rings. The summed E-state index contributed by atoms with van der Waals surface area (Å²) in [5.41, 5.74) is 1.11. The maximum atomic E-state index is 4.38. The molecule has 0 aliphatic carbocycles. The van der Waals surface area contributed by atoms with Crippen molar-refractivity contribution in [2.45, 2.75) is 27.3 Å². The Labute approximate surface area is 94.8 Å². The Kier molecular flexibility index (Phi) is 4.55. The molecule has 0 saturated carbocycles. The van der Waals surface area contributed by atoms with Crippen LogP contribution in [0.15, 0.2) is 4.99 Å². The zero-order valence-corrected chi connectivity index (χ0v) is 10.5. The van der Waals surface area contributed by atoms with Gasteiger partial charge in [-0.1, -0.05) is 0 Å². The van der Waals surface area contributed by atoms with Crippen molar-refractivity contribution < 1.29 is 0 Å². The van der Waals surface area contributed by atoms with Crippen LogP contribution in [0, 0.1) is 13.8 Å². The third kappa shape index (κ3) is 3.51. The quantitative estimate of drug-likeness (QED) is 0.606. The molecule has 5 heteroatoms. The van der Waals surface area contributed by atoms with Gasteiger partial charge in [0.15, 0.2) is 5.96 Å². The van der Waals surface area contributed by atoms with Gasteiger partial charge in [-0.3, -0.25) is 4.99 Å². The highest BCUT2D eigenvalue weighted by molar-refractivity contribution is 7.11. The van der Waals surface area contributed by atoms with E-state index in [4.69, 9.17) is 0 Å². The van der Waals surface area contributed by atoms with Gasteiger partial charge in [-0.25, -0.2) is 4.98 Å². The van der Waals surface area contributed by atoms with Gasteiger partial charge in [0.05, 0.1) is 17.2 Å². The van der Waals surface area contributed by atoms with Crippen LogP contribution in [-0.4, -0.2) is 24.5 Å². The van der Waals surface area contributed by atoms with E-state index < -0.39 is 0 Å². The fourth-order valence-electron chi connectivity index (χ4n) is 1.29. The first-order valence-corrected chi connectivity index (χ1v) is 5.86. The minimum absolute atomic E-state index is 0.789. The van der Waals surface area contributed by atoms with Crippen LogP contribution in [0.5, 0.6) is 0 Å². The van der Waals surface area contributed by atoms with Gasteiger partial charge in [0.25, 0.3) is 0 Å². The second kappa shape index (κ2) is 5.70. The van der Waals surface area contributed by atoms with E-state index in [1.54, 1.807) is 18.4 Å². The van der Waals surface area contributed by atoms with Gasteiger partial charge in [-0.15, -0.1) is 11.3 Å². The predicted molar refractivity (Wildman–Crippen MR) is 65.5 cm³/mol. The van der Waals surface area contributed by atoms with Gasteiger partial charge in [0.1, 0.15) is 0 Å². The van der Waals surface area contributed by atoms with E-state index in [1.165, 1.54) is 4.88 Å². The number of nitrogens with zero attached hydrogens (tertiary/aromatic N) is 2. The molecule has 0 spiro atoms. The van der Waals surface area contributed by atoms with Crippen molar-refractivity contribution in [2.75, 3.05) is 13.6 Å². The SMILES string of the molecule is CCNC(=NC)NCc1sc(C)nc1C. The Morgan fingerprint density at radius 1 is 1.40 bits per heavy atom. The van der Waals surface area contributed by atoms with E-state index >= 15 is 0 Å². The van der Waals surface area contributed by atoms with Crippen molar-refractivity contribution in [3.63, 3.8) is 0 Å². The molecule has 0 aliphatic heterocycles. The maximum Gasteiger partial charge on any atom is 0.191 e. The number of aryl methyl sites for hydroxylation is 2. The van der Waals surface area contributed by atoms with Crippen LogP contribution in [0.2, 0.25) is 0 Å². The van der Waals surface area contributed by atoms with Crippen LogP contribution in [-0.2, 0) is 6.54 Å². The second-order valence-electron chi connectivity index (χ2n) is 3.20. The molecule has 15 heavy (non-hydrogen) atoms. The first kappa shape index (κ1) is 12.0. The van der Waals surface area contributed by atoms with E-state index in [0.717, 1.165) is 29.8 Å². The summed E-state index contributed by atoms with van der Waals surface area (Å²) in [5, 5.41) is 7.52. The smallest absolute Gasteiger partial charge is 0.191 e. The van der Waals surface area contributed by atoms with Gasteiger partial charge in [0, 0.05) is 18.5 Å². The van der Waals surface area contributed by atoms with Crippen LogP contribution in [0.25, 0.3) is 0 Å². The molecule has 0 amide bonds. The van der Waals surface area contributed by atoms with Gasteiger partial charge in [0.2, 0.25) is 0 Å². The average Bonchev–Trinajstić information content (AvgIpc) is 2.52. The molecular formula is C10H18N4S. The molecule has 1 aromatic heterocycles. The minimum Gasteiger partial charge on any atom is -0.357 e. The van der Waals surface area contributed by atoms with Crippen LogP contribution >= 0.6 is 11.3 Å². The third-order valence-corrected chi connectivity index (χ3v) is 3.06. The fourth-order valence-corrected chi connectivity index (χ4v) is 2.17. The molecule has 1 rings (SSSR count). The first-order valence-electron chi connectivity index (χ1n) is 5.04. The summed E-state index contributed by atoms with van der Waals surface area (Å²) in [6, 6.07) is 0. The molecule has 2 N–H and O–H groups in total. The fraction of sp³-hybridized carbons (Fsp3) is 0.600. The molecule has 84 valence electrons. The third-order valence-electron chi connectivity index (χ3n) is 1.98. The lowest BCUT2D eigenvalue weighted by atomic mass is 10.4. The van der Waals surface area contributed by atoms with Gasteiger partial charge < -0.3 is 10.6 Å². The van der Waals surface area contributed by atoms with E-state index in [0.29, 0.717) is 0 Å². The molecule has 0 fully saturated rings. The van der Waals surface area contributed by atoms with Gasteiger partial charge >= 0.3 is 0 Å². The lowest BCUT2D eigenvalue weighted by molar-refractivity contribution is 0.832. The van der Waals surface area contributed by atoms with E-state index in [2.05, 4.69) is 27.5 Å². The van der Waals surface area contributed by atoms with Gasteiger partial charge in [-0.05, 0) is 20.8 Å². The maximum absolute atomic E-state index is 4.38. The summed E-state index contributed by atoms with van der Waals surface area (Å²) >= 11 is 1.73. The Bertz CT molecular complexity index is 343. The molecule has 0 saturated heterocycles. The highest BCUT2D eigenvalue weighted by Gasteiger charge is 2.04. The van der Waals surface area contributed by atoms with Crippen molar-refractivity contribution >= 4 is 17.3 Å². The van der Waals surface area contributed by atoms with E-state index in [1.807, 2.05) is 13.8 Å². The van der Waals surface area contributed by atoms with Crippen molar-refractivity contribution in [3.8, 4) is 0 Å². The Morgan fingerprint density at radius 2 is 2.13 bits per heavy atom. The van der Waals surface area contributed by atoms with Crippen molar-refractivity contribution in [3.05, 3.63) is 15.6 Å². The second-order valence-corrected chi connectivity index (χ2v) is 4.49. The molecular weight excluding hydrogens is 208 g/mol. The standard InChI is InChI=1S/C10H18N4S/c1-5-12-10(11-4)13-6-9-7(2)14-8(3)15-9/h5-6H2,1-4H3,(H2,11,12,13). The summed E-state index contributed by atoms with van der Waals surface area (Å²) < 4.78 is 0. The largest absolute Gasteiger partial charge is 0.357 e. The number of rotatable bonds is 3. The number of aliphatic imine (C=N–C) groups is 1. The molecule has 0 atom stereocenters. The average molecular weight is 226 g/mol. The lowest BCUT2D eigenvalue weighted by Gasteiger charge is -2.09. The Morgan fingerprint density at radius 3 is 2.60 bits per heavy atom. The van der Waals surface area contributed by atoms with Crippen LogP contribution in [0.3, 0.4) is 0 Å². The number of hydrogen-bond donors (Lipinski definition) is 2. The zero-order valence-electron chi connectivity index (χ0n) is 9.72. The van der Waals surface area contributed by atoms with Crippen molar-refractivity contribution in [1.82, 2.24) is 15.6 Å². The highest BCUT2D eigenvalue weighted by Crippen LogP contribution is 2.16.